The minimum absolute atomic E-state index is 0.818. The first kappa shape index (κ1) is 11.0. The highest BCUT2D eigenvalue weighted by molar-refractivity contribution is 5.10. The molecule has 0 saturated carbocycles. The standard InChI is InChI=1S/C12H18N4/c1-3-16-7-4-11(10-16)8-13-9-12-5-6-15(2)14-12/h4-7,10,13H,3,8-9H2,1-2H3. The predicted molar refractivity (Wildman–Crippen MR) is 63.9 cm³/mol. The van der Waals surface area contributed by atoms with Gasteiger partial charge < -0.3 is 9.88 Å². The fourth-order valence-corrected chi connectivity index (χ4v) is 1.68. The molecule has 0 aromatic carbocycles. The van der Waals surface area contributed by atoms with Crippen LogP contribution in [-0.4, -0.2) is 14.3 Å². The van der Waals surface area contributed by atoms with Crippen LogP contribution in [0.2, 0.25) is 0 Å². The summed E-state index contributed by atoms with van der Waals surface area (Å²) >= 11 is 0. The monoisotopic (exact) mass is 218 g/mol. The Bertz CT molecular complexity index is 441. The highest BCUT2D eigenvalue weighted by Gasteiger charge is 1.98. The Morgan fingerprint density at radius 2 is 2.12 bits per heavy atom. The van der Waals surface area contributed by atoms with Crippen LogP contribution in [0.4, 0.5) is 0 Å². The molecule has 2 aromatic rings. The molecule has 0 radical (unpaired) electrons. The van der Waals surface area contributed by atoms with Crippen molar-refractivity contribution in [2.24, 2.45) is 7.05 Å². The van der Waals surface area contributed by atoms with E-state index in [9.17, 15) is 0 Å². The largest absolute Gasteiger partial charge is 0.354 e. The summed E-state index contributed by atoms with van der Waals surface area (Å²) in [5, 5.41) is 7.69. The fourth-order valence-electron chi connectivity index (χ4n) is 1.68. The molecular weight excluding hydrogens is 200 g/mol. The van der Waals surface area contributed by atoms with E-state index >= 15 is 0 Å². The van der Waals surface area contributed by atoms with E-state index in [1.165, 1.54) is 5.56 Å². The number of aromatic nitrogens is 3. The molecule has 16 heavy (non-hydrogen) atoms. The summed E-state index contributed by atoms with van der Waals surface area (Å²) in [4.78, 5) is 0. The van der Waals surface area contributed by atoms with Crippen LogP contribution in [0.25, 0.3) is 0 Å². The molecule has 0 aliphatic heterocycles. The molecule has 0 bridgehead atoms. The third kappa shape index (κ3) is 2.73. The summed E-state index contributed by atoms with van der Waals surface area (Å²) in [6.45, 7) is 4.88. The Morgan fingerprint density at radius 1 is 1.25 bits per heavy atom. The van der Waals surface area contributed by atoms with Crippen LogP contribution >= 0.6 is 0 Å². The normalized spacial score (nSPS) is 10.9. The molecule has 2 rings (SSSR count). The highest BCUT2D eigenvalue weighted by atomic mass is 15.3. The van der Waals surface area contributed by atoms with E-state index in [1.807, 2.05) is 24.0 Å². The maximum atomic E-state index is 4.31. The Morgan fingerprint density at radius 3 is 2.75 bits per heavy atom. The van der Waals surface area contributed by atoms with Gasteiger partial charge in [-0.1, -0.05) is 0 Å². The second kappa shape index (κ2) is 4.99. The molecule has 0 aliphatic rings. The van der Waals surface area contributed by atoms with Gasteiger partial charge in [-0.3, -0.25) is 4.68 Å². The molecular formula is C12H18N4. The van der Waals surface area contributed by atoms with Crippen LogP contribution in [0.3, 0.4) is 0 Å². The van der Waals surface area contributed by atoms with Crippen LogP contribution in [-0.2, 0) is 26.7 Å². The van der Waals surface area contributed by atoms with E-state index < -0.39 is 0 Å². The van der Waals surface area contributed by atoms with Gasteiger partial charge in [0.05, 0.1) is 5.69 Å². The minimum atomic E-state index is 0.818. The maximum Gasteiger partial charge on any atom is 0.0762 e. The summed E-state index contributed by atoms with van der Waals surface area (Å²) in [7, 11) is 1.94. The lowest BCUT2D eigenvalue weighted by Gasteiger charge is -2.00. The number of hydrogen-bond acceptors (Lipinski definition) is 2. The van der Waals surface area contributed by atoms with Crippen molar-refractivity contribution in [1.29, 1.82) is 0 Å². The maximum absolute atomic E-state index is 4.31. The lowest BCUT2D eigenvalue weighted by atomic mass is 10.3. The second-order valence-electron chi connectivity index (χ2n) is 3.93. The molecule has 0 fully saturated rings. The van der Waals surface area contributed by atoms with Gasteiger partial charge in [-0.05, 0) is 24.6 Å². The molecule has 0 unspecified atom stereocenters. The SMILES string of the molecule is CCn1ccc(CNCc2ccn(C)n2)c1. The van der Waals surface area contributed by atoms with Gasteiger partial charge in [-0.15, -0.1) is 0 Å². The summed E-state index contributed by atoms with van der Waals surface area (Å²) in [6.07, 6.45) is 6.24. The average molecular weight is 218 g/mol. The van der Waals surface area contributed by atoms with Crippen LogP contribution in [0, 0.1) is 0 Å². The molecule has 0 amide bonds. The van der Waals surface area contributed by atoms with Crippen molar-refractivity contribution in [3.63, 3.8) is 0 Å². The van der Waals surface area contributed by atoms with Crippen molar-refractivity contribution in [2.75, 3.05) is 0 Å². The molecule has 86 valence electrons. The zero-order chi connectivity index (χ0) is 11.4. The van der Waals surface area contributed by atoms with Crippen LogP contribution in [0.15, 0.2) is 30.7 Å². The van der Waals surface area contributed by atoms with Crippen LogP contribution < -0.4 is 5.32 Å². The molecule has 4 nitrogen and oxygen atoms in total. The van der Waals surface area contributed by atoms with Crippen molar-refractivity contribution < 1.29 is 0 Å². The molecule has 0 aliphatic carbocycles. The Kier molecular flexibility index (Phi) is 3.41. The topological polar surface area (TPSA) is 34.8 Å². The van der Waals surface area contributed by atoms with E-state index in [2.05, 4.69) is 40.4 Å². The Labute approximate surface area is 95.9 Å². The van der Waals surface area contributed by atoms with Crippen molar-refractivity contribution in [3.05, 3.63) is 42.0 Å². The summed E-state index contributed by atoms with van der Waals surface area (Å²) in [5.74, 6) is 0. The van der Waals surface area contributed by atoms with Gasteiger partial charge in [-0.25, -0.2) is 0 Å². The van der Waals surface area contributed by atoms with Crippen molar-refractivity contribution >= 4 is 0 Å². The van der Waals surface area contributed by atoms with Gasteiger partial charge in [0.2, 0.25) is 0 Å². The minimum Gasteiger partial charge on any atom is -0.354 e. The van der Waals surface area contributed by atoms with E-state index in [-0.39, 0.29) is 0 Å². The van der Waals surface area contributed by atoms with Gasteiger partial charge in [0, 0.05) is 45.3 Å². The third-order valence-corrected chi connectivity index (χ3v) is 2.58. The summed E-state index contributed by atoms with van der Waals surface area (Å²) in [6, 6.07) is 4.18. The zero-order valence-electron chi connectivity index (χ0n) is 9.85. The number of hydrogen-bond donors (Lipinski definition) is 1. The average Bonchev–Trinajstić information content (AvgIpc) is 2.88. The van der Waals surface area contributed by atoms with Crippen molar-refractivity contribution in [2.45, 2.75) is 26.6 Å². The summed E-state index contributed by atoms with van der Waals surface area (Å²) in [5.41, 5.74) is 2.40. The second-order valence-corrected chi connectivity index (χ2v) is 3.93. The first-order valence-electron chi connectivity index (χ1n) is 5.62. The number of nitrogens with zero attached hydrogens (tertiary/aromatic N) is 3. The van der Waals surface area contributed by atoms with Crippen LogP contribution in [0.1, 0.15) is 18.2 Å². The molecule has 2 heterocycles. The number of nitrogens with one attached hydrogen (secondary N) is 1. The van der Waals surface area contributed by atoms with E-state index in [0.717, 1.165) is 25.3 Å². The number of aryl methyl sites for hydroxylation is 2. The quantitative estimate of drug-likeness (QED) is 0.826. The summed E-state index contributed by atoms with van der Waals surface area (Å²) < 4.78 is 4.00. The lowest BCUT2D eigenvalue weighted by Crippen LogP contribution is -2.12. The Hall–Kier alpha value is -1.55. The molecule has 0 atom stereocenters. The van der Waals surface area contributed by atoms with Crippen LogP contribution in [0.5, 0.6) is 0 Å². The first-order valence-corrected chi connectivity index (χ1v) is 5.62. The van der Waals surface area contributed by atoms with Gasteiger partial charge in [0.15, 0.2) is 0 Å². The smallest absolute Gasteiger partial charge is 0.0762 e. The molecule has 2 aromatic heterocycles. The first-order chi connectivity index (χ1) is 7.78. The highest BCUT2D eigenvalue weighted by Crippen LogP contribution is 2.01. The molecule has 4 heteroatoms. The molecule has 0 saturated heterocycles. The fraction of sp³-hybridized carbons (Fsp3) is 0.417. The van der Waals surface area contributed by atoms with Gasteiger partial charge in [-0.2, -0.15) is 5.10 Å². The van der Waals surface area contributed by atoms with E-state index in [1.54, 1.807) is 0 Å². The van der Waals surface area contributed by atoms with E-state index in [4.69, 9.17) is 0 Å². The lowest BCUT2D eigenvalue weighted by molar-refractivity contribution is 0.654. The van der Waals surface area contributed by atoms with E-state index in [0.29, 0.717) is 0 Å². The van der Waals surface area contributed by atoms with Crippen molar-refractivity contribution in [3.8, 4) is 0 Å². The van der Waals surface area contributed by atoms with Gasteiger partial charge in [0.25, 0.3) is 0 Å². The molecule has 1 N–H and O–H groups in total. The number of rotatable bonds is 5. The Balaban J connectivity index is 1.79. The van der Waals surface area contributed by atoms with Gasteiger partial charge >= 0.3 is 0 Å². The van der Waals surface area contributed by atoms with Gasteiger partial charge in [0.1, 0.15) is 0 Å². The molecule has 0 spiro atoms. The predicted octanol–water partition coefficient (Wildman–Crippen LogP) is 1.53. The van der Waals surface area contributed by atoms with Crippen molar-refractivity contribution in [1.82, 2.24) is 19.7 Å². The third-order valence-electron chi connectivity index (χ3n) is 2.58. The zero-order valence-corrected chi connectivity index (χ0v) is 9.85.